The zero-order chi connectivity index (χ0) is 34.2. The molecule has 258 valence electrons. The van der Waals surface area contributed by atoms with Gasteiger partial charge in [-0.2, -0.15) is 10.2 Å². The quantitative estimate of drug-likeness (QED) is 0.199. The molecule has 2 aliphatic heterocycles. The number of benzene rings is 1. The molecule has 6 rings (SSSR count). The maximum Gasteiger partial charge on any atom is 0.333 e. The zero-order valence-electron chi connectivity index (χ0n) is 27.9. The lowest BCUT2D eigenvalue weighted by Crippen LogP contribution is -2.53. The number of Topliss-reactive ketones (excluding diaryl/α,β-unsaturated/α-hetero) is 1. The van der Waals surface area contributed by atoms with Crippen LogP contribution in [0.4, 0.5) is 4.39 Å². The summed E-state index contributed by atoms with van der Waals surface area (Å²) in [5, 5.41) is 9.38. The van der Waals surface area contributed by atoms with Crippen molar-refractivity contribution >= 4 is 27.3 Å². The Labute approximate surface area is 281 Å². The third-order valence-electron chi connectivity index (χ3n) is 9.00. The molecule has 5 heterocycles. The molecule has 1 aromatic carbocycles. The summed E-state index contributed by atoms with van der Waals surface area (Å²) >= 11 is 1.20. The molecule has 4 aromatic rings. The summed E-state index contributed by atoms with van der Waals surface area (Å²) in [5.74, 6) is -0.0344. The van der Waals surface area contributed by atoms with Crippen LogP contribution >= 0.6 is 11.3 Å². The van der Waals surface area contributed by atoms with Crippen LogP contribution in [-0.2, 0) is 31.1 Å². The van der Waals surface area contributed by atoms with Crippen LogP contribution in [0.2, 0.25) is 0 Å². The number of rotatable bonds is 13. The first-order valence-corrected chi connectivity index (χ1v) is 17.2. The van der Waals surface area contributed by atoms with Crippen LogP contribution in [0.25, 0.3) is 15.2 Å². The first-order chi connectivity index (χ1) is 23.0. The van der Waals surface area contributed by atoms with Crippen molar-refractivity contribution in [3.05, 3.63) is 68.4 Å². The van der Waals surface area contributed by atoms with Gasteiger partial charge in [0.15, 0.2) is 5.78 Å². The number of halogens is 1. The summed E-state index contributed by atoms with van der Waals surface area (Å²) < 4.78 is 41.3. The molecular formula is C34H42FN5O7S. The average molecular weight is 684 g/mol. The summed E-state index contributed by atoms with van der Waals surface area (Å²) in [4.78, 5) is 44.4. The lowest BCUT2D eigenvalue weighted by Gasteiger charge is -2.31. The normalized spacial score (nSPS) is 16.8. The van der Waals surface area contributed by atoms with E-state index in [2.05, 4.69) is 10.2 Å². The summed E-state index contributed by atoms with van der Waals surface area (Å²) in [7, 11) is 0. The molecule has 2 saturated heterocycles. The molecule has 1 atom stereocenters. The molecule has 0 N–H and O–H groups in total. The van der Waals surface area contributed by atoms with Gasteiger partial charge in [0, 0.05) is 36.7 Å². The van der Waals surface area contributed by atoms with Crippen molar-refractivity contribution in [1.82, 2.24) is 24.1 Å². The summed E-state index contributed by atoms with van der Waals surface area (Å²) in [5.41, 5.74) is -1.68. The summed E-state index contributed by atoms with van der Waals surface area (Å²) in [6, 6.07) is 4.29. The van der Waals surface area contributed by atoms with Gasteiger partial charge in [-0.15, -0.1) is 4.80 Å². The Bertz CT molecular complexity index is 1890. The first-order valence-electron chi connectivity index (χ1n) is 16.4. The smallest absolute Gasteiger partial charge is 0.333 e. The minimum Gasteiger partial charge on any atom is -0.493 e. The van der Waals surface area contributed by atoms with Crippen molar-refractivity contribution < 1.29 is 28.1 Å². The van der Waals surface area contributed by atoms with Crippen LogP contribution in [0, 0.1) is 24.6 Å². The Morgan fingerprint density at radius 1 is 1.12 bits per heavy atom. The molecule has 2 fully saturated rings. The lowest BCUT2D eigenvalue weighted by molar-refractivity contribution is -0.127. The fourth-order valence-corrected chi connectivity index (χ4v) is 7.38. The highest BCUT2D eigenvalue weighted by Gasteiger charge is 2.36. The standard InChI is InChI=1S/C34H42FN5O7S/c1-20(2)14-28(41)34(4,5)39-30(42)29-21(3)31(40-36-10-11-37-40)48-32(29)38(33(39)43)16-27(47-24-8-12-44-13-9-24)25-15-23(35)6-7-26(25)46-19-22-17-45-18-22/h6-7,10-11,15,20,22,24,27H,8-9,12-14,16-19H2,1-5H3/t27-/m0/s1. The monoisotopic (exact) mass is 683 g/mol. The molecular weight excluding hydrogens is 641 g/mol. The van der Waals surface area contributed by atoms with Crippen LogP contribution in [0.15, 0.2) is 40.2 Å². The third kappa shape index (κ3) is 6.75. The van der Waals surface area contributed by atoms with Gasteiger partial charge in [-0.1, -0.05) is 25.2 Å². The van der Waals surface area contributed by atoms with Crippen molar-refractivity contribution in [3.63, 3.8) is 0 Å². The Balaban J connectivity index is 1.54. The highest BCUT2D eigenvalue weighted by Crippen LogP contribution is 2.36. The number of nitrogens with zero attached hydrogens (tertiary/aromatic N) is 5. The Morgan fingerprint density at radius 2 is 1.83 bits per heavy atom. The number of hydrogen-bond donors (Lipinski definition) is 0. The zero-order valence-corrected chi connectivity index (χ0v) is 28.8. The van der Waals surface area contributed by atoms with E-state index < -0.39 is 28.7 Å². The molecule has 0 spiro atoms. The second kappa shape index (κ2) is 14.0. The van der Waals surface area contributed by atoms with Gasteiger partial charge in [0.25, 0.3) is 5.56 Å². The summed E-state index contributed by atoms with van der Waals surface area (Å²) in [6.45, 7) is 11.3. The van der Waals surface area contributed by atoms with Gasteiger partial charge >= 0.3 is 5.69 Å². The molecule has 0 aliphatic carbocycles. The average Bonchev–Trinajstić information content (AvgIpc) is 3.67. The lowest BCUT2D eigenvalue weighted by atomic mass is 9.91. The van der Waals surface area contributed by atoms with E-state index in [0.717, 1.165) is 4.57 Å². The topological polar surface area (TPSA) is 129 Å². The van der Waals surface area contributed by atoms with Crippen molar-refractivity contribution in [2.45, 2.75) is 78.2 Å². The fraction of sp³-hybridized carbons (Fsp3) is 0.559. The second-order valence-electron chi connectivity index (χ2n) is 13.5. The molecule has 0 amide bonds. The highest BCUT2D eigenvalue weighted by molar-refractivity contribution is 7.21. The maximum absolute atomic E-state index is 15.0. The molecule has 0 unspecified atom stereocenters. The molecule has 0 saturated carbocycles. The summed E-state index contributed by atoms with van der Waals surface area (Å²) in [6.07, 6.45) is 3.41. The van der Waals surface area contributed by atoms with E-state index >= 15 is 0 Å². The predicted octanol–water partition coefficient (Wildman–Crippen LogP) is 4.57. The van der Waals surface area contributed by atoms with Gasteiger partial charge in [0.05, 0.1) is 50.2 Å². The van der Waals surface area contributed by atoms with Crippen LogP contribution in [0.1, 0.15) is 64.2 Å². The number of aryl methyl sites for hydroxylation is 1. The maximum atomic E-state index is 15.0. The SMILES string of the molecule is Cc1c(-n2nccn2)sc2c1c(=O)n(C(C)(C)C(=O)CC(C)C)c(=O)n2C[C@H](OC1CCOCC1)c1cc(F)ccc1OCC1COC1. The van der Waals surface area contributed by atoms with E-state index in [-0.39, 0.29) is 42.1 Å². The molecule has 12 nitrogen and oxygen atoms in total. The number of aromatic nitrogens is 5. The molecule has 14 heteroatoms. The van der Waals surface area contributed by atoms with Crippen LogP contribution in [-0.4, -0.2) is 69.0 Å². The van der Waals surface area contributed by atoms with Crippen molar-refractivity contribution in [2.24, 2.45) is 11.8 Å². The van der Waals surface area contributed by atoms with Crippen molar-refractivity contribution in [1.29, 1.82) is 0 Å². The minimum absolute atomic E-state index is 0.0222. The Hall–Kier alpha value is -3.72. The van der Waals surface area contributed by atoms with Gasteiger partial charge in [-0.25, -0.2) is 13.8 Å². The van der Waals surface area contributed by atoms with E-state index in [1.165, 1.54) is 45.2 Å². The predicted molar refractivity (Wildman–Crippen MR) is 178 cm³/mol. The highest BCUT2D eigenvalue weighted by atomic mass is 32.1. The molecule has 2 aliphatic rings. The van der Waals surface area contributed by atoms with Crippen LogP contribution in [0.3, 0.4) is 0 Å². The molecule has 48 heavy (non-hydrogen) atoms. The van der Waals surface area contributed by atoms with Gasteiger partial charge in [0.1, 0.15) is 33.0 Å². The van der Waals surface area contributed by atoms with Gasteiger partial charge < -0.3 is 18.9 Å². The number of hydrogen-bond acceptors (Lipinski definition) is 10. The number of fused-ring (bicyclic) bond motifs is 1. The second-order valence-corrected chi connectivity index (χ2v) is 14.5. The molecule has 0 bridgehead atoms. The van der Waals surface area contributed by atoms with Crippen LogP contribution < -0.4 is 16.0 Å². The van der Waals surface area contributed by atoms with Gasteiger partial charge in [0.2, 0.25) is 0 Å². The number of ether oxygens (including phenoxy) is 4. The van der Waals surface area contributed by atoms with Crippen LogP contribution in [0.5, 0.6) is 5.75 Å². The van der Waals surface area contributed by atoms with Crippen molar-refractivity contribution in [2.75, 3.05) is 33.0 Å². The van der Waals surface area contributed by atoms with Gasteiger partial charge in [-0.3, -0.25) is 14.2 Å². The largest absolute Gasteiger partial charge is 0.493 e. The first kappa shape index (κ1) is 34.2. The Kier molecular flexibility index (Phi) is 9.98. The number of thiophene rings is 1. The van der Waals surface area contributed by atoms with E-state index in [0.29, 0.717) is 72.6 Å². The van der Waals surface area contributed by atoms with E-state index in [4.69, 9.17) is 18.9 Å². The minimum atomic E-state index is -1.46. The van der Waals surface area contributed by atoms with Crippen molar-refractivity contribution in [3.8, 4) is 10.8 Å². The Morgan fingerprint density at radius 3 is 2.48 bits per heavy atom. The number of carbonyl (C=O) groups is 1. The fourth-order valence-electron chi connectivity index (χ4n) is 6.16. The van der Waals surface area contributed by atoms with Gasteiger partial charge in [-0.05, 0) is 57.7 Å². The number of carbonyl (C=O) groups excluding carboxylic acids is 1. The third-order valence-corrected chi connectivity index (χ3v) is 10.3. The van der Waals surface area contributed by atoms with E-state index in [1.54, 1.807) is 26.8 Å². The van der Waals surface area contributed by atoms with E-state index in [9.17, 15) is 18.8 Å². The molecule has 3 aromatic heterocycles. The molecule has 0 radical (unpaired) electrons. The number of ketones is 1. The van der Waals surface area contributed by atoms with E-state index in [1.807, 2.05) is 13.8 Å².